The van der Waals surface area contributed by atoms with Crippen molar-refractivity contribution in [3.8, 4) is 0 Å². The molecule has 1 fully saturated rings. The normalized spacial score (nSPS) is 21.7. The number of hydrogen-bond donors (Lipinski definition) is 0. The fraction of sp³-hybridized carbons (Fsp3) is 0.462. The zero-order valence-electron chi connectivity index (χ0n) is 11.3. The van der Waals surface area contributed by atoms with Crippen LogP contribution in [0, 0.1) is 6.92 Å². The molecule has 1 aliphatic rings. The Kier molecular flexibility index (Phi) is 3.64. The molecule has 1 heterocycles. The van der Waals surface area contributed by atoms with E-state index in [4.69, 9.17) is 0 Å². The molecule has 2 rings (SSSR count). The van der Waals surface area contributed by atoms with Gasteiger partial charge in [-0.05, 0) is 31.5 Å². The van der Waals surface area contributed by atoms with Gasteiger partial charge in [0.05, 0.1) is 4.90 Å². The van der Waals surface area contributed by atoms with Crippen LogP contribution in [0.15, 0.2) is 29.2 Å². The second-order valence-electron chi connectivity index (χ2n) is 4.87. The maximum Gasteiger partial charge on any atom is 0.243 e. The number of aryl methyl sites for hydroxylation is 1. The first kappa shape index (κ1) is 14.0. The number of carbonyl (C=O) groups excluding carboxylic acids is 1. The molecule has 1 saturated heterocycles. The number of amides is 1. The number of rotatable bonds is 2. The van der Waals surface area contributed by atoms with Crippen LogP contribution in [-0.4, -0.2) is 49.7 Å². The molecule has 0 spiro atoms. The molecule has 0 bridgehead atoms. The third-order valence-electron chi connectivity index (χ3n) is 3.42. The second kappa shape index (κ2) is 4.94. The fourth-order valence-electron chi connectivity index (χ4n) is 2.23. The maximum absolute atomic E-state index is 12.6. The van der Waals surface area contributed by atoms with E-state index in [1.807, 2.05) is 13.0 Å². The van der Waals surface area contributed by atoms with Gasteiger partial charge in [-0.25, -0.2) is 8.42 Å². The Morgan fingerprint density at radius 2 is 1.95 bits per heavy atom. The van der Waals surface area contributed by atoms with Crippen LogP contribution in [0.1, 0.15) is 12.5 Å². The van der Waals surface area contributed by atoms with E-state index in [0.717, 1.165) is 5.56 Å². The Hall–Kier alpha value is -1.40. The van der Waals surface area contributed by atoms with Gasteiger partial charge < -0.3 is 4.90 Å². The number of hydrogen-bond acceptors (Lipinski definition) is 3. The molecule has 0 radical (unpaired) electrons. The number of carbonyl (C=O) groups is 1. The van der Waals surface area contributed by atoms with Crippen LogP contribution in [0.3, 0.4) is 0 Å². The van der Waals surface area contributed by atoms with Crippen LogP contribution < -0.4 is 0 Å². The van der Waals surface area contributed by atoms with Crippen molar-refractivity contribution in [1.29, 1.82) is 0 Å². The first-order valence-corrected chi connectivity index (χ1v) is 7.61. The highest BCUT2D eigenvalue weighted by Gasteiger charge is 2.37. The van der Waals surface area contributed by atoms with Crippen LogP contribution in [-0.2, 0) is 14.8 Å². The van der Waals surface area contributed by atoms with E-state index in [1.165, 1.54) is 4.31 Å². The van der Waals surface area contributed by atoms with Crippen molar-refractivity contribution < 1.29 is 13.2 Å². The summed E-state index contributed by atoms with van der Waals surface area (Å²) in [5.74, 6) is -0.164. The van der Waals surface area contributed by atoms with Crippen molar-refractivity contribution in [3.05, 3.63) is 29.8 Å². The van der Waals surface area contributed by atoms with E-state index in [0.29, 0.717) is 13.1 Å². The van der Waals surface area contributed by atoms with Crippen molar-refractivity contribution in [1.82, 2.24) is 9.21 Å². The molecule has 104 valence electrons. The lowest BCUT2D eigenvalue weighted by molar-refractivity contribution is -0.136. The minimum atomic E-state index is -3.60. The summed E-state index contributed by atoms with van der Waals surface area (Å²) in [6.45, 7) is 4.23. The Morgan fingerprint density at radius 3 is 2.58 bits per heavy atom. The molecule has 19 heavy (non-hydrogen) atoms. The molecule has 0 aromatic heterocycles. The number of sulfonamides is 1. The van der Waals surface area contributed by atoms with Crippen molar-refractivity contribution in [2.24, 2.45) is 0 Å². The Balaban J connectivity index is 2.38. The summed E-state index contributed by atoms with van der Waals surface area (Å²) < 4.78 is 26.4. The average Bonchev–Trinajstić information content (AvgIpc) is 2.36. The zero-order chi connectivity index (χ0) is 14.2. The summed E-state index contributed by atoms with van der Waals surface area (Å²) in [7, 11) is -1.91. The first-order chi connectivity index (χ1) is 8.84. The van der Waals surface area contributed by atoms with Gasteiger partial charge in [0.1, 0.15) is 6.04 Å². The van der Waals surface area contributed by atoms with Crippen molar-refractivity contribution >= 4 is 15.9 Å². The predicted molar refractivity (Wildman–Crippen MR) is 72.2 cm³/mol. The molecule has 5 nitrogen and oxygen atoms in total. The summed E-state index contributed by atoms with van der Waals surface area (Å²) in [6.07, 6.45) is 0. The summed E-state index contributed by atoms with van der Waals surface area (Å²) >= 11 is 0. The average molecular weight is 282 g/mol. The number of piperazine rings is 1. The third kappa shape index (κ3) is 2.50. The highest BCUT2D eigenvalue weighted by atomic mass is 32.2. The Labute approximate surface area is 113 Å². The second-order valence-corrected chi connectivity index (χ2v) is 6.76. The Bertz CT molecular complexity index is 598. The molecule has 1 amide bonds. The SMILES string of the molecule is Cc1cccc(S(=O)(=O)N2CCN(C)C(=O)C2C)c1. The molecule has 1 aromatic rings. The van der Waals surface area contributed by atoms with E-state index in [1.54, 1.807) is 37.1 Å². The van der Waals surface area contributed by atoms with Gasteiger partial charge in [-0.1, -0.05) is 12.1 Å². The molecular formula is C13H18N2O3S. The molecule has 1 unspecified atom stereocenters. The van der Waals surface area contributed by atoms with Gasteiger partial charge in [0.2, 0.25) is 15.9 Å². The van der Waals surface area contributed by atoms with Gasteiger partial charge in [-0.15, -0.1) is 0 Å². The molecule has 0 N–H and O–H groups in total. The minimum Gasteiger partial charge on any atom is -0.343 e. The maximum atomic E-state index is 12.6. The quantitative estimate of drug-likeness (QED) is 0.808. The first-order valence-electron chi connectivity index (χ1n) is 6.17. The zero-order valence-corrected chi connectivity index (χ0v) is 12.1. The van der Waals surface area contributed by atoms with Gasteiger partial charge in [0.25, 0.3) is 0 Å². The summed E-state index contributed by atoms with van der Waals surface area (Å²) in [4.78, 5) is 13.7. The lowest BCUT2D eigenvalue weighted by atomic mass is 10.2. The Morgan fingerprint density at radius 1 is 1.26 bits per heavy atom. The van der Waals surface area contributed by atoms with Gasteiger partial charge in [0, 0.05) is 20.1 Å². The van der Waals surface area contributed by atoms with Crippen molar-refractivity contribution in [2.45, 2.75) is 24.8 Å². The van der Waals surface area contributed by atoms with E-state index < -0.39 is 16.1 Å². The monoisotopic (exact) mass is 282 g/mol. The molecule has 0 saturated carbocycles. The van der Waals surface area contributed by atoms with E-state index in [2.05, 4.69) is 0 Å². The summed E-state index contributed by atoms with van der Waals surface area (Å²) in [5, 5.41) is 0. The van der Waals surface area contributed by atoms with Gasteiger partial charge in [-0.2, -0.15) is 4.31 Å². The fourth-order valence-corrected chi connectivity index (χ4v) is 3.92. The number of likely N-dealkylation sites (N-methyl/N-ethyl adjacent to an activating group) is 1. The molecule has 0 aliphatic carbocycles. The van der Waals surface area contributed by atoms with Crippen LogP contribution in [0.4, 0.5) is 0 Å². The lowest BCUT2D eigenvalue weighted by Crippen LogP contribution is -2.56. The lowest BCUT2D eigenvalue weighted by Gasteiger charge is -2.36. The molecular weight excluding hydrogens is 264 g/mol. The van der Waals surface area contributed by atoms with Gasteiger partial charge >= 0.3 is 0 Å². The molecule has 1 aromatic carbocycles. The third-order valence-corrected chi connectivity index (χ3v) is 5.38. The molecule has 1 atom stereocenters. The van der Waals surface area contributed by atoms with Gasteiger partial charge in [0.15, 0.2) is 0 Å². The van der Waals surface area contributed by atoms with Gasteiger partial charge in [-0.3, -0.25) is 4.79 Å². The van der Waals surface area contributed by atoms with Crippen LogP contribution in [0.5, 0.6) is 0 Å². The highest BCUT2D eigenvalue weighted by molar-refractivity contribution is 7.89. The molecule has 6 heteroatoms. The minimum absolute atomic E-state index is 0.164. The highest BCUT2D eigenvalue weighted by Crippen LogP contribution is 2.22. The van der Waals surface area contributed by atoms with Crippen molar-refractivity contribution in [3.63, 3.8) is 0 Å². The standard InChI is InChI=1S/C13H18N2O3S/c1-10-5-4-6-12(9-10)19(17,18)15-8-7-14(3)13(16)11(15)2/h4-6,9,11H,7-8H2,1-3H3. The van der Waals surface area contributed by atoms with E-state index in [-0.39, 0.29) is 10.8 Å². The largest absolute Gasteiger partial charge is 0.343 e. The predicted octanol–water partition coefficient (Wildman–Crippen LogP) is 0.846. The molecule has 1 aliphatic heterocycles. The van der Waals surface area contributed by atoms with Crippen LogP contribution in [0.25, 0.3) is 0 Å². The summed E-state index contributed by atoms with van der Waals surface area (Å²) in [5.41, 5.74) is 0.884. The smallest absolute Gasteiger partial charge is 0.243 e. The van der Waals surface area contributed by atoms with Crippen LogP contribution in [0.2, 0.25) is 0 Å². The topological polar surface area (TPSA) is 57.7 Å². The van der Waals surface area contributed by atoms with E-state index >= 15 is 0 Å². The summed E-state index contributed by atoms with van der Waals surface area (Å²) in [6, 6.07) is 6.11. The van der Waals surface area contributed by atoms with Crippen molar-refractivity contribution in [2.75, 3.05) is 20.1 Å². The number of benzene rings is 1. The van der Waals surface area contributed by atoms with Crippen LogP contribution >= 0.6 is 0 Å². The van der Waals surface area contributed by atoms with E-state index in [9.17, 15) is 13.2 Å². The number of nitrogens with zero attached hydrogens (tertiary/aromatic N) is 2.